The molecule has 2 aliphatic rings. The van der Waals surface area contributed by atoms with E-state index in [1.54, 1.807) is 30.3 Å². The summed E-state index contributed by atoms with van der Waals surface area (Å²) >= 11 is 0. The van der Waals surface area contributed by atoms with Crippen LogP contribution < -0.4 is 19.7 Å². The van der Waals surface area contributed by atoms with Crippen LogP contribution in [0.4, 0.5) is 23.1 Å². The van der Waals surface area contributed by atoms with Crippen LogP contribution in [0.5, 0.6) is 5.75 Å². The Hall–Kier alpha value is -3.33. The number of hydrogen-bond acceptors (Lipinski definition) is 7. The number of hydrogen-bond donors (Lipinski definition) is 2. The van der Waals surface area contributed by atoms with Crippen molar-refractivity contribution in [2.24, 2.45) is 0 Å². The summed E-state index contributed by atoms with van der Waals surface area (Å²) in [7, 11) is -3.68. The number of benzene rings is 2. The van der Waals surface area contributed by atoms with E-state index < -0.39 is 10.0 Å². The van der Waals surface area contributed by atoms with E-state index >= 15 is 0 Å². The lowest BCUT2D eigenvalue weighted by atomic mass is 10.2. The Morgan fingerprint density at radius 3 is 2.50 bits per heavy atom. The van der Waals surface area contributed by atoms with E-state index in [2.05, 4.69) is 24.9 Å². The van der Waals surface area contributed by atoms with Gasteiger partial charge in [-0.15, -0.1) is 0 Å². The lowest BCUT2D eigenvalue weighted by Crippen LogP contribution is -2.21. The summed E-state index contributed by atoms with van der Waals surface area (Å²) in [6, 6.07) is 14.0. The number of aryl methyl sites for hydroxylation is 1. The van der Waals surface area contributed by atoms with Gasteiger partial charge in [-0.25, -0.2) is 13.4 Å². The third kappa shape index (κ3) is 4.34. The van der Waals surface area contributed by atoms with E-state index in [9.17, 15) is 8.42 Å². The van der Waals surface area contributed by atoms with Gasteiger partial charge in [-0.1, -0.05) is 0 Å². The summed E-state index contributed by atoms with van der Waals surface area (Å²) in [5, 5.41) is 3.29. The number of rotatable bonds is 6. The zero-order chi connectivity index (χ0) is 22.1. The van der Waals surface area contributed by atoms with E-state index in [0.717, 1.165) is 61.0 Å². The molecular weight excluding hydrogens is 426 g/mol. The van der Waals surface area contributed by atoms with Crippen molar-refractivity contribution in [2.45, 2.75) is 31.1 Å². The Kier molecular flexibility index (Phi) is 5.34. The van der Waals surface area contributed by atoms with Crippen LogP contribution in [0.3, 0.4) is 0 Å². The molecule has 0 bridgehead atoms. The van der Waals surface area contributed by atoms with Gasteiger partial charge in [0.15, 0.2) is 0 Å². The van der Waals surface area contributed by atoms with Gasteiger partial charge < -0.3 is 15.0 Å². The normalized spacial score (nSPS) is 15.3. The number of ether oxygens (including phenoxy) is 1. The molecule has 8 nitrogen and oxygen atoms in total. The smallest absolute Gasteiger partial charge is 0.261 e. The zero-order valence-electron chi connectivity index (χ0n) is 17.8. The summed E-state index contributed by atoms with van der Waals surface area (Å²) in [5.74, 6) is 2.22. The molecule has 3 aromatic rings. The van der Waals surface area contributed by atoms with Gasteiger partial charge in [0, 0.05) is 42.6 Å². The van der Waals surface area contributed by atoms with Crippen LogP contribution in [-0.4, -0.2) is 38.1 Å². The van der Waals surface area contributed by atoms with Gasteiger partial charge in [0.25, 0.3) is 10.0 Å². The molecule has 1 fully saturated rings. The molecule has 0 radical (unpaired) electrons. The van der Waals surface area contributed by atoms with Crippen LogP contribution in [0.1, 0.15) is 24.1 Å². The maximum absolute atomic E-state index is 12.8. The number of aromatic nitrogens is 2. The molecule has 0 spiro atoms. The van der Waals surface area contributed by atoms with Crippen molar-refractivity contribution in [1.82, 2.24) is 9.97 Å². The summed E-state index contributed by atoms with van der Waals surface area (Å²) in [5.41, 5.74) is 3.12. The Morgan fingerprint density at radius 1 is 0.969 bits per heavy atom. The molecule has 3 heterocycles. The largest absolute Gasteiger partial charge is 0.493 e. The molecule has 32 heavy (non-hydrogen) atoms. The van der Waals surface area contributed by atoms with E-state index in [-0.39, 0.29) is 4.90 Å². The van der Waals surface area contributed by atoms with Gasteiger partial charge in [0.05, 0.1) is 11.5 Å². The molecule has 0 amide bonds. The predicted molar refractivity (Wildman–Crippen MR) is 124 cm³/mol. The van der Waals surface area contributed by atoms with E-state index in [0.29, 0.717) is 18.1 Å². The summed E-state index contributed by atoms with van der Waals surface area (Å²) in [6.45, 7) is 4.51. The number of anilines is 4. The molecule has 2 aliphatic heterocycles. The lowest BCUT2D eigenvalue weighted by molar-refractivity contribution is 0.356. The summed E-state index contributed by atoms with van der Waals surface area (Å²) in [6.07, 6.45) is 3.05. The molecule has 1 aromatic heterocycles. The molecule has 0 unspecified atom stereocenters. The van der Waals surface area contributed by atoms with Crippen molar-refractivity contribution >= 4 is 33.2 Å². The van der Waals surface area contributed by atoms with Crippen molar-refractivity contribution < 1.29 is 13.2 Å². The van der Waals surface area contributed by atoms with Crippen LogP contribution in [0.15, 0.2) is 53.4 Å². The van der Waals surface area contributed by atoms with Gasteiger partial charge in [-0.3, -0.25) is 4.72 Å². The number of sulfonamides is 1. The Labute approximate surface area is 187 Å². The SMILES string of the molecule is Cc1cc(Nc2ccc(NS(=O)(=O)c3ccc4c(c3)CCO4)cc2)nc(N2CCCC2)n1. The monoisotopic (exact) mass is 451 g/mol. The third-order valence-corrected chi connectivity index (χ3v) is 6.99. The van der Waals surface area contributed by atoms with Crippen molar-refractivity contribution in [3.05, 3.63) is 59.8 Å². The first kappa shape index (κ1) is 20.6. The highest BCUT2D eigenvalue weighted by Gasteiger charge is 2.20. The maximum Gasteiger partial charge on any atom is 0.261 e. The molecule has 1 saturated heterocycles. The Bertz CT molecular complexity index is 1240. The first-order chi connectivity index (χ1) is 15.5. The van der Waals surface area contributed by atoms with Crippen LogP contribution in [-0.2, 0) is 16.4 Å². The van der Waals surface area contributed by atoms with Gasteiger partial charge in [-0.05, 0) is 67.8 Å². The number of nitrogens with one attached hydrogen (secondary N) is 2. The Balaban J connectivity index is 1.29. The maximum atomic E-state index is 12.8. The van der Waals surface area contributed by atoms with Gasteiger partial charge in [0.2, 0.25) is 5.95 Å². The number of fused-ring (bicyclic) bond motifs is 1. The highest BCUT2D eigenvalue weighted by molar-refractivity contribution is 7.92. The highest BCUT2D eigenvalue weighted by Crippen LogP contribution is 2.29. The fourth-order valence-electron chi connectivity index (χ4n) is 3.99. The van der Waals surface area contributed by atoms with Gasteiger partial charge in [0.1, 0.15) is 11.6 Å². The first-order valence-electron chi connectivity index (χ1n) is 10.7. The zero-order valence-corrected chi connectivity index (χ0v) is 18.7. The molecule has 2 aromatic carbocycles. The fourth-order valence-corrected chi connectivity index (χ4v) is 5.10. The highest BCUT2D eigenvalue weighted by atomic mass is 32.2. The van der Waals surface area contributed by atoms with Crippen LogP contribution in [0, 0.1) is 6.92 Å². The summed E-state index contributed by atoms with van der Waals surface area (Å²) < 4.78 is 33.7. The topological polar surface area (TPSA) is 96.4 Å². The minimum atomic E-state index is -3.68. The molecule has 2 N–H and O–H groups in total. The van der Waals surface area contributed by atoms with Crippen molar-refractivity contribution in [3.63, 3.8) is 0 Å². The molecule has 9 heteroatoms. The van der Waals surface area contributed by atoms with Crippen molar-refractivity contribution in [3.8, 4) is 5.75 Å². The second-order valence-electron chi connectivity index (χ2n) is 8.06. The van der Waals surface area contributed by atoms with E-state index in [1.807, 2.05) is 25.1 Å². The van der Waals surface area contributed by atoms with Gasteiger partial charge in [-0.2, -0.15) is 4.98 Å². The average Bonchev–Trinajstić information content (AvgIpc) is 3.46. The summed E-state index contributed by atoms with van der Waals surface area (Å²) in [4.78, 5) is 11.6. The molecule has 0 aliphatic carbocycles. The average molecular weight is 452 g/mol. The molecule has 5 rings (SSSR count). The minimum Gasteiger partial charge on any atom is -0.493 e. The first-order valence-corrected chi connectivity index (χ1v) is 12.2. The Morgan fingerprint density at radius 2 is 1.72 bits per heavy atom. The van der Waals surface area contributed by atoms with Gasteiger partial charge >= 0.3 is 0 Å². The second-order valence-corrected chi connectivity index (χ2v) is 9.75. The number of nitrogens with zero attached hydrogens (tertiary/aromatic N) is 3. The fraction of sp³-hybridized carbons (Fsp3) is 0.304. The minimum absolute atomic E-state index is 0.231. The van der Waals surface area contributed by atoms with Crippen molar-refractivity contribution in [2.75, 3.05) is 34.6 Å². The van der Waals surface area contributed by atoms with Crippen LogP contribution in [0.25, 0.3) is 0 Å². The predicted octanol–water partition coefficient (Wildman–Crippen LogP) is 3.86. The van der Waals surface area contributed by atoms with E-state index in [1.165, 1.54) is 0 Å². The van der Waals surface area contributed by atoms with Crippen LogP contribution >= 0.6 is 0 Å². The standard InChI is InChI=1S/C23H25N5O3S/c1-16-14-22(26-23(24-16)28-11-2-3-12-28)25-18-4-6-19(7-5-18)27-32(29,30)20-8-9-21-17(15-20)10-13-31-21/h4-9,14-15,27H,2-3,10-13H2,1H3,(H,24,25,26). The van der Waals surface area contributed by atoms with E-state index in [4.69, 9.17) is 4.74 Å². The molecule has 0 atom stereocenters. The van der Waals surface area contributed by atoms with Crippen LogP contribution in [0.2, 0.25) is 0 Å². The molecule has 0 saturated carbocycles. The third-order valence-electron chi connectivity index (χ3n) is 5.61. The van der Waals surface area contributed by atoms with Crippen molar-refractivity contribution in [1.29, 1.82) is 0 Å². The molecular formula is C23H25N5O3S. The lowest BCUT2D eigenvalue weighted by Gasteiger charge is -2.17. The second kappa shape index (κ2) is 8.31. The molecule has 166 valence electrons. The quantitative estimate of drug-likeness (QED) is 0.587.